The molecule has 0 bridgehead atoms. The number of alkyl halides is 3. The monoisotopic (exact) mass is 415 g/mol. The molecule has 0 aliphatic carbocycles. The van der Waals surface area contributed by atoms with Crippen LogP contribution in [0, 0.1) is 10.1 Å². The van der Waals surface area contributed by atoms with Crippen LogP contribution in [0.2, 0.25) is 5.02 Å². The molecule has 2 rings (SSSR count). The molecule has 2 atom stereocenters. The van der Waals surface area contributed by atoms with Gasteiger partial charge in [0, 0.05) is 23.2 Å². The molecule has 28 heavy (non-hydrogen) atoms. The summed E-state index contributed by atoms with van der Waals surface area (Å²) in [6, 6.07) is 7.97. The topological polar surface area (TPSA) is 84.3 Å². The van der Waals surface area contributed by atoms with Crippen molar-refractivity contribution in [3.8, 4) is 0 Å². The van der Waals surface area contributed by atoms with Crippen molar-refractivity contribution in [1.82, 2.24) is 5.32 Å². The molecule has 6 nitrogen and oxygen atoms in total. The molecule has 2 N–H and O–H groups in total. The van der Waals surface area contributed by atoms with Crippen molar-refractivity contribution in [3.63, 3.8) is 0 Å². The Balaban J connectivity index is 2.15. The van der Waals surface area contributed by atoms with Crippen molar-refractivity contribution < 1.29 is 22.9 Å². The average molecular weight is 416 g/mol. The SMILES string of the molecule is C[C@@H](N[C@H](C)c1ccc(Cl)cc1)C(=O)Nc1ccc([N+](=O)[O-])cc1C(F)(F)F. The van der Waals surface area contributed by atoms with Gasteiger partial charge in [-0.05, 0) is 37.6 Å². The molecule has 10 heteroatoms. The number of carbonyl (C=O) groups excluding carboxylic acids is 1. The minimum Gasteiger partial charge on any atom is -0.324 e. The van der Waals surface area contributed by atoms with Gasteiger partial charge in [-0.3, -0.25) is 20.2 Å². The van der Waals surface area contributed by atoms with Crippen molar-refractivity contribution in [2.75, 3.05) is 5.32 Å². The van der Waals surface area contributed by atoms with Gasteiger partial charge in [-0.15, -0.1) is 0 Å². The molecule has 0 heterocycles. The zero-order valence-corrected chi connectivity index (χ0v) is 15.6. The fourth-order valence-electron chi connectivity index (χ4n) is 2.53. The van der Waals surface area contributed by atoms with E-state index in [4.69, 9.17) is 11.6 Å². The summed E-state index contributed by atoms with van der Waals surface area (Å²) in [7, 11) is 0. The molecule has 0 spiro atoms. The van der Waals surface area contributed by atoms with Crippen LogP contribution in [0.15, 0.2) is 42.5 Å². The van der Waals surface area contributed by atoms with Gasteiger partial charge in [0.05, 0.1) is 22.2 Å². The molecular formula is C18H17ClF3N3O3. The highest BCUT2D eigenvalue weighted by molar-refractivity contribution is 6.30. The zero-order chi connectivity index (χ0) is 21.1. The van der Waals surface area contributed by atoms with E-state index in [0.717, 1.165) is 17.7 Å². The first kappa shape index (κ1) is 21.6. The van der Waals surface area contributed by atoms with Crippen LogP contribution in [0.1, 0.15) is 31.0 Å². The molecular weight excluding hydrogens is 399 g/mol. The van der Waals surface area contributed by atoms with Crippen LogP contribution >= 0.6 is 11.6 Å². The van der Waals surface area contributed by atoms with Crippen molar-refractivity contribution >= 4 is 28.9 Å². The lowest BCUT2D eigenvalue weighted by Crippen LogP contribution is -2.39. The maximum Gasteiger partial charge on any atom is 0.418 e. The number of carbonyl (C=O) groups is 1. The van der Waals surface area contributed by atoms with Crippen molar-refractivity contribution in [2.45, 2.75) is 32.1 Å². The second kappa shape index (κ2) is 8.57. The number of nitrogens with one attached hydrogen (secondary N) is 2. The van der Waals surface area contributed by atoms with E-state index in [2.05, 4.69) is 10.6 Å². The maximum atomic E-state index is 13.2. The number of benzene rings is 2. The van der Waals surface area contributed by atoms with Crippen LogP contribution in [0.5, 0.6) is 0 Å². The minimum atomic E-state index is -4.86. The normalized spacial score (nSPS) is 13.6. The molecule has 0 saturated carbocycles. The first-order valence-corrected chi connectivity index (χ1v) is 8.55. The molecule has 0 fully saturated rings. The number of nitro groups is 1. The summed E-state index contributed by atoms with van der Waals surface area (Å²) in [6.07, 6.45) is -4.86. The third kappa shape index (κ3) is 5.43. The van der Waals surface area contributed by atoms with E-state index in [1.165, 1.54) is 6.92 Å². The lowest BCUT2D eigenvalue weighted by atomic mass is 10.1. The molecule has 0 radical (unpaired) electrons. The lowest BCUT2D eigenvalue weighted by Gasteiger charge is -2.21. The molecule has 1 amide bonds. The first-order valence-electron chi connectivity index (χ1n) is 8.17. The van der Waals surface area contributed by atoms with Gasteiger partial charge in [0.15, 0.2) is 0 Å². The van der Waals surface area contributed by atoms with E-state index in [9.17, 15) is 28.1 Å². The van der Waals surface area contributed by atoms with Gasteiger partial charge in [0.2, 0.25) is 5.91 Å². The molecule has 2 aromatic rings. The second-order valence-electron chi connectivity index (χ2n) is 6.14. The summed E-state index contributed by atoms with van der Waals surface area (Å²) in [6.45, 7) is 3.29. The van der Waals surface area contributed by atoms with E-state index >= 15 is 0 Å². The van der Waals surface area contributed by atoms with Gasteiger partial charge in [-0.25, -0.2) is 0 Å². The highest BCUT2D eigenvalue weighted by Gasteiger charge is 2.36. The Bertz CT molecular complexity index is 873. The summed E-state index contributed by atoms with van der Waals surface area (Å²) in [5.41, 5.74) is -1.70. The summed E-state index contributed by atoms with van der Waals surface area (Å²) in [5.74, 6) is -0.708. The summed E-state index contributed by atoms with van der Waals surface area (Å²) < 4.78 is 39.6. The molecule has 0 saturated heterocycles. The number of nitrogens with zero attached hydrogens (tertiary/aromatic N) is 1. The Labute approximate surface area is 163 Å². The molecule has 150 valence electrons. The van der Waals surface area contributed by atoms with Gasteiger partial charge in [-0.1, -0.05) is 23.7 Å². The van der Waals surface area contributed by atoms with Crippen molar-refractivity contribution in [3.05, 3.63) is 68.7 Å². The number of amides is 1. The van der Waals surface area contributed by atoms with Crippen molar-refractivity contribution in [2.24, 2.45) is 0 Å². The third-order valence-electron chi connectivity index (χ3n) is 4.04. The fourth-order valence-corrected chi connectivity index (χ4v) is 2.65. The molecule has 0 unspecified atom stereocenters. The van der Waals surface area contributed by atoms with Gasteiger partial charge in [-0.2, -0.15) is 13.2 Å². The largest absolute Gasteiger partial charge is 0.418 e. The molecule has 0 aliphatic rings. The Hall–Kier alpha value is -2.65. The Morgan fingerprint density at radius 3 is 2.29 bits per heavy atom. The predicted molar refractivity (Wildman–Crippen MR) is 99.2 cm³/mol. The van der Waals surface area contributed by atoms with Gasteiger partial charge >= 0.3 is 6.18 Å². The van der Waals surface area contributed by atoms with Crippen LogP contribution in [-0.4, -0.2) is 16.9 Å². The molecule has 0 aromatic heterocycles. The van der Waals surface area contributed by atoms with Gasteiger partial charge in [0.25, 0.3) is 5.69 Å². The summed E-state index contributed by atoms with van der Waals surface area (Å²) in [5, 5.41) is 16.4. The quantitative estimate of drug-likeness (QED) is 0.516. The zero-order valence-electron chi connectivity index (χ0n) is 14.9. The van der Waals surface area contributed by atoms with Crippen LogP contribution in [0.3, 0.4) is 0 Å². The highest BCUT2D eigenvalue weighted by atomic mass is 35.5. The number of anilines is 1. The highest BCUT2D eigenvalue weighted by Crippen LogP contribution is 2.37. The van der Waals surface area contributed by atoms with Gasteiger partial charge in [0.1, 0.15) is 0 Å². The van der Waals surface area contributed by atoms with E-state index in [1.807, 2.05) is 0 Å². The van der Waals surface area contributed by atoms with Crippen LogP contribution in [0.25, 0.3) is 0 Å². The summed E-state index contributed by atoms with van der Waals surface area (Å²) in [4.78, 5) is 22.1. The second-order valence-corrected chi connectivity index (χ2v) is 6.57. The van der Waals surface area contributed by atoms with Crippen LogP contribution < -0.4 is 10.6 Å². The van der Waals surface area contributed by atoms with Crippen LogP contribution in [-0.2, 0) is 11.0 Å². The number of rotatable bonds is 6. The number of nitro benzene ring substituents is 1. The minimum absolute atomic E-state index is 0.267. The van der Waals surface area contributed by atoms with E-state index in [0.29, 0.717) is 11.1 Å². The van der Waals surface area contributed by atoms with Crippen LogP contribution in [0.4, 0.5) is 24.5 Å². The number of hydrogen-bond acceptors (Lipinski definition) is 4. The van der Waals surface area contributed by atoms with Crippen molar-refractivity contribution in [1.29, 1.82) is 0 Å². The van der Waals surface area contributed by atoms with E-state index in [1.54, 1.807) is 31.2 Å². The molecule has 2 aromatic carbocycles. The predicted octanol–water partition coefficient (Wildman–Crippen LogP) is 4.94. The van der Waals surface area contributed by atoms with E-state index < -0.39 is 40.0 Å². The maximum absolute atomic E-state index is 13.2. The Morgan fingerprint density at radius 2 is 1.75 bits per heavy atom. The smallest absolute Gasteiger partial charge is 0.324 e. The van der Waals surface area contributed by atoms with Gasteiger partial charge < -0.3 is 5.32 Å². The third-order valence-corrected chi connectivity index (χ3v) is 4.29. The number of non-ortho nitro benzene ring substituents is 1. The standard InChI is InChI=1S/C18H17ClF3N3O3/c1-10(12-3-5-13(19)6-4-12)23-11(2)17(26)24-16-8-7-14(25(27)28)9-15(16)18(20,21)22/h3-11,23H,1-2H3,(H,24,26)/t10-,11-/m1/s1. The summed E-state index contributed by atoms with van der Waals surface area (Å²) >= 11 is 5.83. The molecule has 0 aliphatic heterocycles. The fraction of sp³-hybridized carbons (Fsp3) is 0.278. The van der Waals surface area contributed by atoms with E-state index in [-0.39, 0.29) is 6.04 Å². The average Bonchev–Trinajstić information content (AvgIpc) is 2.61. The first-order chi connectivity index (χ1) is 13.0. The Kier molecular flexibility index (Phi) is 6.63. The Morgan fingerprint density at radius 1 is 1.14 bits per heavy atom. The number of halogens is 4. The number of hydrogen-bond donors (Lipinski definition) is 2. The lowest BCUT2D eigenvalue weighted by molar-refractivity contribution is -0.385.